The van der Waals surface area contributed by atoms with Gasteiger partial charge in [0.2, 0.25) is 12.7 Å². The largest absolute Gasteiger partial charge is 0.454 e. The first-order valence-electron chi connectivity index (χ1n) is 8.69. The van der Waals surface area contributed by atoms with Crippen LogP contribution in [0.15, 0.2) is 30.6 Å². The van der Waals surface area contributed by atoms with E-state index in [1.807, 2.05) is 0 Å². The number of fused-ring (bicyclic) bond motifs is 1. The fourth-order valence-corrected chi connectivity index (χ4v) is 3.83. The van der Waals surface area contributed by atoms with Crippen molar-refractivity contribution >= 4 is 34.1 Å². The number of hydrogen-bond acceptors (Lipinski definition) is 8. The lowest BCUT2D eigenvalue weighted by Crippen LogP contribution is -2.07. The molecule has 0 unspecified atom stereocenters. The van der Waals surface area contributed by atoms with Crippen molar-refractivity contribution in [2.45, 2.75) is 13.5 Å². The van der Waals surface area contributed by atoms with Crippen LogP contribution in [0.3, 0.4) is 0 Å². The Kier molecular flexibility index (Phi) is 5.33. The Hall–Kier alpha value is -3.87. The van der Waals surface area contributed by atoms with Gasteiger partial charge in [-0.15, -0.1) is 0 Å². The second-order valence-electron chi connectivity index (χ2n) is 6.21. The molecule has 4 rings (SSSR count). The number of hydrogen-bond donors (Lipinski definition) is 1. The number of thiazole rings is 1. The predicted molar refractivity (Wildman–Crippen MR) is 106 cm³/mol. The number of anilines is 1. The van der Waals surface area contributed by atoms with Crippen LogP contribution >= 0.6 is 11.3 Å². The highest BCUT2D eigenvalue weighted by molar-refractivity contribution is 7.19. The number of carbonyl (C=O) groups excluding carboxylic acids is 1. The fourth-order valence-electron chi connectivity index (χ4n) is 2.85. The Morgan fingerprint density at radius 3 is 2.84 bits per heavy atom. The second kappa shape index (κ2) is 8.10. The summed E-state index contributed by atoms with van der Waals surface area (Å²) in [5.41, 5.74) is 0.322. The van der Waals surface area contributed by atoms with Crippen LogP contribution < -0.4 is 14.8 Å². The molecular weight excluding hydrogens is 436 g/mol. The third kappa shape index (κ3) is 4.07. The zero-order valence-corrected chi connectivity index (χ0v) is 16.6. The van der Waals surface area contributed by atoms with Gasteiger partial charge in [0.15, 0.2) is 22.5 Å². The van der Waals surface area contributed by atoms with Gasteiger partial charge >= 0.3 is 6.55 Å². The van der Waals surface area contributed by atoms with E-state index >= 15 is 0 Å². The van der Waals surface area contributed by atoms with Gasteiger partial charge in [-0.05, 0) is 19.1 Å². The highest BCUT2D eigenvalue weighted by atomic mass is 32.1. The molecule has 1 aliphatic heterocycles. The van der Waals surface area contributed by atoms with Gasteiger partial charge in [-0.2, -0.15) is 8.78 Å². The number of imidazole rings is 1. The van der Waals surface area contributed by atoms with Gasteiger partial charge in [-0.1, -0.05) is 11.3 Å². The molecule has 0 saturated heterocycles. The standard InChI is InChI=1S/C18H13F2N5O5S/c1-9-15(16-21-4-5-24(16)17(19)20)31-18(22-9)23-14(26)3-2-10-6-12-13(30-8-29-12)7-11(10)25(27)28/h2-7,17H,8H2,1H3,(H,22,23,26)/b3-2+. The molecule has 0 radical (unpaired) electrons. The summed E-state index contributed by atoms with van der Waals surface area (Å²) in [5, 5.41) is 14.0. The van der Waals surface area contributed by atoms with E-state index in [4.69, 9.17) is 9.47 Å². The molecule has 0 fully saturated rings. The summed E-state index contributed by atoms with van der Waals surface area (Å²) in [7, 11) is 0. The number of halogens is 2. The lowest BCUT2D eigenvalue weighted by atomic mass is 10.1. The molecule has 10 nitrogen and oxygen atoms in total. The SMILES string of the molecule is Cc1nc(NC(=O)/C=C/c2cc3c(cc2[N+](=O)[O-])OCO3)sc1-c1nccn1C(F)F. The molecule has 1 N–H and O–H groups in total. The molecule has 2 aromatic heterocycles. The number of amides is 1. The van der Waals surface area contributed by atoms with Crippen LogP contribution in [0.1, 0.15) is 17.8 Å². The maximum absolute atomic E-state index is 13.1. The highest BCUT2D eigenvalue weighted by Crippen LogP contribution is 2.38. The van der Waals surface area contributed by atoms with E-state index < -0.39 is 17.4 Å². The third-order valence-corrected chi connectivity index (χ3v) is 5.31. The van der Waals surface area contributed by atoms with Gasteiger partial charge in [0.05, 0.1) is 27.1 Å². The number of nitro groups is 1. The van der Waals surface area contributed by atoms with E-state index in [-0.39, 0.29) is 34.7 Å². The summed E-state index contributed by atoms with van der Waals surface area (Å²) in [6.07, 6.45) is 4.76. The normalized spacial score (nSPS) is 12.6. The summed E-state index contributed by atoms with van der Waals surface area (Å²) in [6.45, 7) is -1.20. The van der Waals surface area contributed by atoms with Crippen LogP contribution in [0.5, 0.6) is 11.5 Å². The van der Waals surface area contributed by atoms with Crippen molar-refractivity contribution < 1.29 is 28.0 Å². The Bertz CT molecular complexity index is 1210. The topological polar surface area (TPSA) is 121 Å². The van der Waals surface area contributed by atoms with E-state index in [2.05, 4.69) is 15.3 Å². The molecule has 0 bridgehead atoms. The number of aryl methyl sites for hydroxylation is 1. The Balaban J connectivity index is 1.53. The van der Waals surface area contributed by atoms with Crippen LogP contribution in [-0.4, -0.2) is 32.2 Å². The zero-order valence-electron chi connectivity index (χ0n) is 15.7. The maximum Gasteiger partial charge on any atom is 0.320 e. The average molecular weight is 449 g/mol. The lowest BCUT2D eigenvalue weighted by Gasteiger charge is -2.04. The minimum Gasteiger partial charge on any atom is -0.454 e. The Morgan fingerprint density at radius 1 is 1.39 bits per heavy atom. The van der Waals surface area contributed by atoms with E-state index in [0.717, 1.165) is 23.6 Å². The zero-order chi connectivity index (χ0) is 22.1. The van der Waals surface area contributed by atoms with E-state index in [1.54, 1.807) is 6.92 Å². The van der Waals surface area contributed by atoms with Crippen LogP contribution in [0.25, 0.3) is 16.8 Å². The van der Waals surface area contributed by atoms with Gasteiger partial charge < -0.3 is 9.47 Å². The van der Waals surface area contributed by atoms with Gasteiger partial charge in [0.25, 0.3) is 5.69 Å². The minimum atomic E-state index is -2.77. The first kappa shape index (κ1) is 20.4. The molecule has 13 heteroatoms. The number of ether oxygens (including phenoxy) is 2. The summed E-state index contributed by atoms with van der Waals surface area (Å²) in [6, 6.07) is 2.63. The molecule has 1 aromatic carbocycles. The molecule has 3 heterocycles. The quantitative estimate of drug-likeness (QED) is 0.343. The van der Waals surface area contributed by atoms with Crippen LogP contribution in [0, 0.1) is 17.0 Å². The van der Waals surface area contributed by atoms with Crippen LogP contribution in [0.4, 0.5) is 19.6 Å². The monoisotopic (exact) mass is 449 g/mol. The molecule has 0 aliphatic carbocycles. The number of alkyl halides is 2. The summed E-state index contributed by atoms with van der Waals surface area (Å²) in [4.78, 5) is 31.5. The smallest absolute Gasteiger partial charge is 0.320 e. The second-order valence-corrected chi connectivity index (χ2v) is 7.21. The van der Waals surface area contributed by atoms with Crippen molar-refractivity contribution in [2.24, 2.45) is 0 Å². The van der Waals surface area contributed by atoms with Gasteiger partial charge in [-0.3, -0.25) is 24.8 Å². The van der Waals surface area contributed by atoms with Crippen molar-refractivity contribution in [3.8, 4) is 22.2 Å². The number of carbonyl (C=O) groups is 1. The van der Waals surface area contributed by atoms with Crippen LogP contribution in [0.2, 0.25) is 0 Å². The minimum absolute atomic E-state index is 0.0389. The maximum atomic E-state index is 13.1. The molecule has 1 aliphatic rings. The average Bonchev–Trinajstić information content (AvgIpc) is 3.44. The molecule has 31 heavy (non-hydrogen) atoms. The van der Waals surface area contributed by atoms with Crippen LogP contribution in [-0.2, 0) is 4.79 Å². The molecule has 0 saturated carbocycles. The van der Waals surface area contributed by atoms with E-state index in [1.165, 1.54) is 24.4 Å². The summed E-state index contributed by atoms with van der Waals surface area (Å²) in [5.74, 6) is 0.0168. The summed E-state index contributed by atoms with van der Waals surface area (Å²) < 4.78 is 37.2. The first-order chi connectivity index (χ1) is 14.8. The molecule has 1 amide bonds. The van der Waals surface area contributed by atoms with Crippen molar-refractivity contribution in [3.05, 3.63) is 52.0 Å². The molecule has 0 spiro atoms. The van der Waals surface area contributed by atoms with Crippen molar-refractivity contribution in [2.75, 3.05) is 12.1 Å². The Morgan fingerprint density at radius 2 is 2.13 bits per heavy atom. The van der Waals surface area contributed by atoms with E-state index in [9.17, 15) is 23.7 Å². The number of nitro benzene ring substituents is 1. The van der Waals surface area contributed by atoms with Gasteiger partial charge in [0.1, 0.15) is 0 Å². The molecular formula is C18H13F2N5O5S. The number of nitrogens with one attached hydrogen (secondary N) is 1. The number of nitrogens with zero attached hydrogens (tertiary/aromatic N) is 4. The lowest BCUT2D eigenvalue weighted by molar-refractivity contribution is -0.385. The highest BCUT2D eigenvalue weighted by Gasteiger charge is 2.22. The first-order valence-corrected chi connectivity index (χ1v) is 9.51. The predicted octanol–water partition coefficient (Wildman–Crippen LogP) is 4.00. The Labute approximate surface area is 176 Å². The number of aromatic nitrogens is 3. The molecule has 3 aromatic rings. The number of benzene rings is 1. The molecule has 160 valence electrons. The third-order valence-electron chi connectivity index (χ3n) is 4.24. The van der Waals surface area contributed by atoms with Gasteiger partial charge in [-0.25, -0.2) is 9.97 Å². The summed E-state index contributed by atoms with van der Waals surface area (Å²) >= 11 is 0.985. The van der Waals surface area contributed by atoms with Crippen molar-refractivity contribution in [1.82, 2.24) is 14.5 Å². The van der Waals surface area contributed by atoms with E-state index in [0.29, 0.717) is 20.9 Å². The van der Waals surface area contributed by atoms with Crippen molar-refractivity contribution in [1.29, 1.82) is 0 Å². The number of rotatable bonds is 6. The molecule has 0 atom stereocenters. The van der Waals surface area contributed by atoms with Gasteiger partial charge in [0, 0.05) is 18.5 Å². The fraction of sp³-hybridized carbons (Fsp3) is 0.167. The van der Waals surface area contributed by atoms with Crippen molar-refractivity contribution in [3.63, 3.8) is 0 Å².